The third kappa shape index (κ3) is 10.7. The van der Waals surface area contributed by atoms with Crippen LogP contribution in [0.5, 0.6) is 0 Å². The zero-order valence-corrected chi connectivity index (χ0v) is 26.0. The highest BCUT2D eigenvalue weighted by molar-refractivity contribution is 5.29. The lowest BCUT2D eigenvalue weighted by Crippen LogP contribution is -1.96. The number of halogens is 2. The first-order valence-corrected chi connectivity index (χ1v) is 14.3. The minimum absolute atomic E-state index is 0.0683. The Hall–Kier alpha value is -2.48. The van der Waals surface area contributed by atoms with E-state index in [9.17, 15) is 8.78 Å². The molecule has 3 aromatic carbocycles. The second kappa shape index (κ2) is 15.8. The molecule has 0 unspecified atom stereocenters. The summed E-state index contributed by atoms with van der Waals surface area (Å²) in [6.45, 7) is 25.2. The molecule has 0 bridgehead atoms. The average Bonchev–Trinajstić information content (AvgIpc) is 2.84. The van der Waals surface area contributed by atoms with Crippen LogP contribution in [0.1, 0.15) is 152 Å². The Kier molecular flexibility index (Phi) is 14.0. The molecular weight excluding hydrogens is 470 g/mol. The van der Waals surface area contributed by atoms with Gasteiger partial charge in [0.2, 0.25) is 0 Å². The van der Waals surface area contributed by atoms with Gasteiger partial charge < -0.3 is 0 Å². The Balaban J connectivity index is 0.000000285. The molecule has 0 aliphatic heterocycles. The SMILES string of the molecule is CC(C)c1ccc(C(C)C)c(F)c1.CC(C)c1ccc(C(C)C)c(F)c1.CC(C)c1ccc(C(C)C)cc1. The van der Waals surface area contributed by atoms with Crippen LogP contribution in [-0.4, -0.2) is 0 Å². The summed E-state index contributed by atoms with van der Waals surface area (Å²) >= 11 is 0. The van der Waals surface area contributed by atoms with E-state index in [1.54, 1.807) is 12.1 Å². The lowest BCUT2D eigenvalue weighted by atomic mass is 9.97. The van der Waals surface area contributed by atoms with E-state index in [1.165, 1.54) is 11.1 Å². The Morgan fingerprint density at radius 1 is 0.342 bits per heavy atom. The molecule has 3 rings (SSSR count). The summed E-state index contributed by atoms with van der Waals surface area (Å²) in [6, 6.07) is 20.1. The first-order chi connectivity index (χ1) is 17.6. The van der Waals surface area contributed by atoms with Gasteiger partial charge in [-0.15, -0.1) is 0 Å². The van der Waals surface area contributed by atoms with Crippen LogP contribution in [0.4, 0.5) is 8.78 Å². The lowest BCUT2D eigenvalue weighted by molar-refractivity contribution is 0.594. The molecule has 38 heavy (non-hydrogen) atoms. The maximum atomic E-state index is 13.5. The molecule has 0 aliphatic carbocycles. The van der Waals surface area contributed by atoms with Crippen LogP contribution in [0.2, 0.25) is 0 Å². The van der Waals surface area contributed by atoms with Gasteiger partial charge in [0.25, 0.3) is 0 Å². The van der Waals surface area contributed by atoms with Crippen molar-refractivity contribution in [2.24, 2.45) is 0 Å². The molecule has 0 fully saturated rings. The number of benzene rings is 3. The van der Waals surface area contributed by atoms with E-state index in [1.807, 2.05) is 52.0 Å². The molecule has 0 saturated carbocycles. The normalized spacial score (nSPS) is 11.3. The van der Waals surface area contributed by atoms with Crippen molar-refractivity contribution in [3.63, 3.8) is 0 Å². The van der Waals surface area contributed by atoms with E-state index >= 15 is 0 Å². The second-order valence-electron chi connectivity index (χ2n) is 12.2. The predicted molar refractivity (Wildman–Crippen MR) is 164 cm³/mol. The van der Waals surface area contributed by atoms with Gasteiger partial charge in [-0.3, -0.25) is 0 Å². The van der Waals surface area contributed by atoms with Gasteiger partial charge in [-0.25, -0.2) is 8.78 Å². The molecule has 0 spiro atoms. The van der Waals surface area contributed by atoms with Gasteiger partial charge >= 0.3 is 0 Å². The van der Waals surface area contributed by atoms with Crippen LogP contribution in [0, 0.1) is 11.6 Å². The molecule has 0 amide bonds. The fourth-order valence-corrected chi connectivity index (χ4v) is 4.01. The first kappa shape index (κ1) is 33.5. The van der Waals surface area contributed by atoms with Crippen molar-refractivity contribution in [2.75, 3.05) is 0 Å². The zero-order chi connectivity index (χ0) is 29.2. The summed E-state index contributed by atoms with van der Waals surface area (Å²) in [5.41, 5.74) is 6.62. The molecule has 2 heteroatoms. The monoisotopic (exact) mass is 522 g/mol. The summed E-state index contributed by atoms with van der Waals surface area (Å²) in [7, 11) is 0. The van der Waals surface area contributed by atoms with Gasteiger partial charge in [-0.05, 0) is 81.0 Å². The third-order valence-corrected chi connectivity index (χ3v) is 6.90. The van der Waals surface area contributed by atoms with E-state index in [-0.39, 0.29) is 23.5 Å². The van der Waals surface area contributed by atoms with Crippen molar-refractivity contribution in [1.82, 2.24) is 0 Å². The standard InChI is InChI=1S/2C12H17F.C12H18/c2*1-8(2)10-5-6-11(9(3)4)12(13)7-10;1-9(2)11-5-7-12(8-6-11)10(3)4/h2*5-9H,1-4H3;5-10H,1-4H3. The van der Waals surface area contributed by atoms with Crippen LogP contribution in [0.3, 0.4) is 0 Å². The molecule has 0 atom stereocenters. The Morgan fingerprint density at radius 2 is 0.579 bits per heavy atom. The van der Waals surface area contributed by atoms with E-state index < -0.39 is 0 Å². The Morgan fingerprint density at radius 3 is 0.763 bits per heavy atom. The second-order valence-corrected chi connectivity index (χ2v) is 12.2. The topological polar surface area (TPSA) is 0 Å². The Labute approximate surface area is 232 Å². The predicted octanol–water partition coefficient (Wildman–Crippen LogP) is 12.1. The summed E-state index contributed by atoms with van der Waals surface area (Å²) in [4.78, 5) is 0. The molecular formula is C36H52F2. The summed E-state index contributed by atoms with van der Waals surface area (Å²) in [5, 5.41) is 0. The van der Waals surface area contributed by atoms with Crippen LogP contribution >= 0.6 is 0 Å². The van der Waals surface area contributed by atoms with E-state index in [4.69, 9.17) is 0 Å². The van der Waals surface area contributed by atoms with Crippen molar-refractivity contribution < 1.29 is 8.78 Å². The third-order valence-electron chi connectivity index (χ3n) is 6.90. The van der Waals surface area contributed by atoms with Gasteiger partial charge in [0.1, 0.15) is 11.6 Å². The van der Waals surface area contributed by atoms with Crippen molar-refractivity contribution in [2.45, 2.75) is 119 Å². The van der Waals surface area contributed by atoms with Crippen molar-refractivity contribution in [1.29, 1.82) is 0 Å². The zero-order valence-electron chi connectivity index (χ0n) is 26.0. The molecule has 0 radical (unpaired) electrons. The number of rotatable bonds is 6. The first-order valence-electron chi connectivity index (χ1n) is 14.3. The van der Waals surface area contributed by atoms with Crippen molar-refractivity contribution >= 4 is 0 Å². The quantitative estimate of drug-likeness (QED) is 0.302. The number of hydrogen-bond donors (Lipinski definition) is 0. The molecule has 210 valence electrons. The van der Waals surface area contributed by atoms with Gasteiger partial charge in [-0.1, -0.05) is 132 Å². The highest BCUT2D eigenvalue weighted by Crippen LogP contribution is 2.24. The molecule has 3 aromatic rings. The van der Waals surface area contributed by atoms with Crippen LogP contribution in [-0.2, 0) is 0 Å². The minimum atomic E-state index is -0.0683. The van der Waals surface area contributed by atoms with Gasteiger partial charge in [0.15, 0.2) is 0 Å². The highest BCUT2D eigenvalue weighted by atomic mass is 19.1. The summed E-state index contributed by atoms with van der Waals surface area (Å²) < 4.78 is 26.9. The summed E-state index contributed by atoms with van der Waals surface area (Å²) in [6.07, 6.45) is 0. The minimum Gasteiger partial charge on any atom is -0.207 e. The van der Waals surface area contributed by atoms with Crippen molar-refractivity contribution in [3.05, 3.63) is 106 Å². The van der Waals surface area contributed by atoms with E-state index in [0.29, 0.717) is 23.7 Å². The van der Waals surface area contributed by atoms with Gasteiger partial charge in [0.05, 0.1) is 0 Å². The van der Waals surface area contributed by atoms with Crippen LogP contribution in [0.15, 0.2) is 60.7 Å². The van der Waals surface area contributed by atoms with Crippen molar-refractivity contribution in [3.8, 4) is 0 Å². The Bertz CT molecular complexity index is 998. The molecule has 0 aromatic heterocycles. The van der Waals surface area contributed by atoms with Crippen LogP contribution < -0.4 is 0 Å². The molecule has 0 aliphatic rings. The molecule has 0 heterocycles. The fourth-order valence-electron chi connectivity index (χ4n) is 4.01. The summed E-state index contributed by atoms with van der Waals surface area (Å²) in [5.74, 6) is 2.48. The van der Waals surface area contributed by atoms with Gasteiger partial charge in [0, 0.05) is 0 Å². The average molecular weight is 523 g/mol. The highest BCUT2D eigenvalue weighted by Gasteiger charge is 2.09. The van der Waals surface area contributed by atoms with Gasteiger partial charge in [-0.2, -0.15) is 0 Å². The molecule has 0 nitrogen and oxygen atoms in total. The molecule has 0 saturated heterocycles. The largest absolute Gasteiger partial charge is 0.207 e. The lowest BCUT2D eigenvalue weighted by Gasteiger charge is -2.10. The van der Waals surface area contributed by atoms with E-state index in [0.717, 1.165) is 22.3 Å². The number of hydrogen-bond acceptors (Lipinski definition) is 0. The smallest absolute Gasteiger partial charge is 0.126 e. The van der Waals surface area contributed by atoms with E-state index in [2.05, 4.69) is 79.7 Å². The maximum absolute atomic E-state index is 13.5. The van der Waals surface area contributed by atoms with Crippen LogP contribution in [0.25, 0.3) is 0 Å². The fraction of sp³-hybridized carbons (Fsp3) is 0.500. The maximum Gasteiger partial charge on any atom is 0.126 e. The molecule has 0 N–H and O–H groups in total.